The van der Waals surface area contributed by atoms with Gasteiger partial charge in [0.05, 0.1) is 5.52 Å². The lowest BCUT2D eigenvalue weighted by molar-refractivity contribution is -0.142. The molecule has 6 heteroatoms. The Morgan fingerprint density at radius 1 is 1.26 bits per heavy atom. The number of hydrogen-bond donors (Lipinski definition) is 2. The number of aliphatic carboxylic acids is 1. The first-order chi connectivity index (χ1) is 11.0. The second-order valence-corrected chi connectivity index (χ2v) is 5.43. The number of amides is 1. The SMILES string of the molecule is CCCCC(NC(=O)Cn1ccc(=O)c2ccccc21)C(=O)O. The third kappa shape index (κ3) is 4.18. The maximum atomic E-state index is 12.1. The predicted octanol–water partition coefficient (Wildman–Crippen LogP) is 1.76. The molecule has 0 bridgehead atoms. The number of unbranched alkanes of at least 4 members (excludes halogenated alkanes) is 1. The van der Waals surface area contributed by atoms with Crippen molar-refractivity contribution in [3.05, 3.63) is 46.8 Å². The summed E-state index contributed by atoms with van der Waals surface area (Å²) in [4.78, 5) is 35.1. The van der Waals surface area contributed by atoms with E-state index in [1.165, 1.54) is 6.07 Å². The van der Waals surface area contributed by atoms with E-state index in [4.69, 9.17) is 5.11 Å². The average Bonchev–Trinajstić information content (AvgIpc) is 2.54. The molecule has 2 aromatic rings. The highest BCUT2D eigenvalue weighted by molar-refractivity contribution is 5.85. The number of pyridine rings is 1. The van der Waals surface area contributed by atoms with Crippen LogP contribution in [0.2, 0.25) is 0 Å². The van der Waals surface area contributed by atoms with Gasteiger partial charge in [-0.05, 0) is 18.6 Å². The summed E-state index contributed by atoms with van der Waals surface area (Å²) in [7, 11) is 0. The van der Waals surface area contributed by atoms with Gasteiger partial charge in [-0.3, -0.25) is 9.59 Å². The standard InChI is InChI=1S/C17H20N2O4/c1-2-3-7-13(17(22)23)18-16(21)11-19-10-9-15(20)12-6-4-5-8-14(12)19/h4-6,8-10,13H,2-3,7,11H2,1H3,(H,18,21)(H,22,23). The van der Waals surface area contributed by atoms with Crippen LogP contribution in [0.15, 0.2) is 41.3 Å². The van der Waals surface area contributed by atoms with Crippen molar-refractivity contribution in [1.82, 2.24) is 9.88 Å². The molecule has 6 nitrogen and oxygen atoms in total. The quantitative estimate of drug-likeness (QED) is 0.814. The Labute approximate surface area is 133 Å². The molecule has 0 saturated carbocycles. The summed E-state index contributed by atoms with van der Waals surface area (Å²) in [5, 5.41) is 12.2. The lowest BCUT2D eigenvalue weighted by Gasteiger charge is -2.16. The fourth-order valence-corrected chi connectivity index (χ4v) is 2.46. The summed E-state index contributed by atoms with van der Waals surface area (Å²) in [5.41, 5.74) is 0.541. The Morgan fingerprint density at radius 3 is 2.70 bits per heavy atom. The molecule has 2 N–H and O–H groups in total. The first kappa shape index (κ1) is 16.7. The molecule has 1 amide bonds. The summed E-state index contributed by atoms with van der Waals surface area (Å²) in [6.45, 7) is 1.93. The highest BCUT2D eigenvalue weighted by Gasteiger charge is 2.19. The molecule has 122 valence electrons. The van der Waals surface area contributed by atoms with E-state index in [2.05, 4.69) is 5.32 Å². The molecule has 0 aliphatic heterocycles. The Morgan fingerprint density at radius 2 is 2.00 bits per heavy atom. The molecule has 1 atom stereocenters. The summed E-state index contributed by atoms with van der Waals surface area (Å²) < 4.78 is 1.64. The molecule has 0 spiro atoms. The van der Waals surface area contributed by atoms with Gasteiger partial charge in [0, 0.05) is 17.6 Å². The van der Waals surface area contributed by atoms with E-state index in [9.17, 15) is 14.4 Å². The summed E-state index contributed by atoms with van der Waals surface area (Å²) >= 11 is 0. The van der Waals surface area contributed by atoms with Crippen LogP contribution in [0, 0.1) is 0 Å². The lowest BCUT2D eigenvalue weighted by Crippen LogP contribution is -2.42. The fraction of sp³-hybridized carbons (Fsp3) is 0.353. The molecular formula is C17H20N2O4. The molecular weight excluding hydrogens is 296 g/mol. The normalized spacial score (nSPS) is 12.0. The molecule has 0 radical (unpaired) electrons. The molecule has 1 unspecified atom stereocenters. The second kappa shape index (κ2) is 7.58. The van der Waals surface area contributed by atoms with Crippen molar-refractivity contribution in [3.63, 3.8) is 0 Å². The van der Waals surface area contributed by atoms with E-state index in [0.29, 0.717) is 17.3 Å². The van der Waals surface area contributed by atoms with E-state index >= 15 is 0 Å². The Hall–Kier alpha value is -2.63. The number of aromatic nitrogens is 1. The van der Waals surface area contributed by atoms with Crippen molar-refractivity contribution in [2.24, 2.45) is 0 Å². The fourth-order valence-electron chi connectivity index (χ4n) is 2.46. The van der Waals surface area contributed by atoms with Crippen LogP contribution in [0.5, 0.6) is 0 Å². The van der Waals surface area contributed by atoms with Crippen molar-refractivity contribution >= 4 is 22.8 Å². The first-order valence-corrected chi connectivity index (χ1v) is 7.63. The van der Waals surface area contributed by atoms with E-state index < -0.39 is 12.0 Å². The highest BCUT2D eigenvalue weighted by Crippen LogP contribution is 2.09. The second-order valence-electron chi connectivity index (χ2n) is 5.43. The van der Waals surface area contributed by atoms with Crippen LogP contribution in [0.25, 0.3) is 10.9 Å². The summed E-state index contributed by atoms with van der Waals surface area (Å²) in [6, 6.07) is 7.54. The number of fused-ring (bicyclic) bond motifs is 1. The number of hydrogen-bond acceptors (Lipinski definition) is 3. The maximum Gasteiger partial charge on any atom is 0.326 e. The Kier molecular flexibility index (Phi) is 5.51. The van der Waals surface area contributed by atoms with E-state index in [1.54, 1.807) is 35.0 Å². The number of benzene rings is 1. The van der Waals surface area contributed by atoms with Gasteiger partial charge in [-0.2, -0.15) is 0 Å². The van der Waals surface area contributed by atoms with Gasteiger partial charge in [-0.15, -0.1) is 0 Å². The maximum absolute atomic E-state index is 12.1. The van der Waals surface area contributed by atoms with E-state index in [-0.39, 0.29) is 17.9 Å². The van der Waals surface area contributed by atoms with Gasteiger partial charge < -0.3 is 15.0 Å². The first-order valence-electron chi connectivity index (χ1n) is 7.63. The predicted molar refractivity (Wildman–Crippen MR) is 87.3 cm³/mol. The molecule has 1 aromatic carbocycles. The number of carbonyl (C=O) groups excluding carboxylic acids is 1. The number of carboxylic acid groups (broad SMARTS) is 1. The van der Waals surface area contributed by atoms with Gasteiger partial charge in [0.2, 0.25) is 5.91 Å². The van der Waals surface area contributed by atoms with Crippen molar-refractivity contribution in [1.29, 1.82) is 0 Å². The third-order valence-corrected chi connectivity index (χ3v) is 3.68. The molecule has 23 heavy (non-hydrogen) atoms. The van der Waals surface area contributed by atoms with Crippen LogP contribution in [0.4, 0.5) is 0 Å². The van der Waals surface area contributed by atoms with Crippen LogP contribution < -0.4 is 10.7 Å². The van der Waals surface area contributed by atoms with Gasteiger partial charge in [-0.1, -0.05) is 31.9 Å². The number of nitrogens with one attached hydrogen (secondary N) is 1. The molecule has 1 heterocycles. The molecule has 1 aromatic heterocycles. The highest BCUT2D eigenvalue weighted by atomic mass is 16.4. The Bertz CT molecular complexity index is 767. The Balaban J connectivity index is 2.16. The smallest absolute Gasteiger partial charge is 0.326 e. The third-order valence-electron chi connectivity index (χ3n) is 3.68. The molecule has 0 aliphatic carbocycles. The average molecular weight is 316 g/mol. The van der Waals surface area contributed by atoms with Crippen molar-refractivity contribution in [2.45, 2.75) is 38.8 Å². The molecule has 0 saturated heterocycles. The zero-order valence-electron chi connectivity index (χ0n) is 13.0. The van der Waals surface area contributed by atoms with Gasteiger partial charge in [0.15, 0.2) is 5.43 Å². The zero-order chi connectivity index (χ0) is 16.8. The van der Waals surface area contributed by atoms with Crippen LogP contribution in [0.3, 0.4) is 0 Å². The lowest BCUT2D eigenvalue weighted by atomic mass is 10.1. The minimum absolute atomic E-state index is 0.0311. The number of para-hydroxylation sites is 1. The van der Waals surface area contributed by atoms with Crippen molar-refractivity contribution in [2.75, 3.05) is 0 Å². The molecule has 0 fully saturated rings. The minimum atomic E-state index is -1.03. The summed E-state index contributed by atoms with van der Waals surface area (Å²) in [5.74, 6) is -1.42. The van der Waals surface area contributed by atoms with Gasteiger partial charge in [0.25, 0.3) is 0 Å². The molecule has 0 aliphatic rings. The number of carboxylic acids is 1. The number of rotatable bonds is 7. The largest absolute Gasteiger partial charge is 0.480 e. The van der Waals surface area contributed by atoms with Gasteiger partial charge in [-0.25, -0.2) is 4.79 Å². The minimum Gasteiger partial charge on any atom is -0.480 e. The number of carbonyl (C=O) groups is 2. The zero-order valence-corrected chi connectivity index (χ0v) is 13.0. The van der Waals surface area contributed by atoms with E-state index in [1.807, 2.05) is 6.92 Å². The summed E-state index contributed by atoms with van der Waals surface area (Å²) in [6.07, 6.45) is 3.55. The van der Waals surface area contributed by atoms with Crippen LogP contribution >= 0.6 is 0 Å². The van der Waals surface area contributed by atoms with Crippen LogP contribution in [0.1, 0.15) is 26.2 Å². The van der Waals surface area contributed by atoms with E-state index in [0.717, 1.165) is 12.8 Å². The molecule has 2 rings (SSSR count). The van der Waals surface area contributed by atoms with Crippen LogP contribution in [-0.2, 0) is 16.1 Å². The topological polar surface area (TPSA) is 88.4 Å². The van der Waals surface area contributed by atoms with Gasteiger partial charge in [0.1, 0.15) is 12.6 Å². The van der Waals surface area contributed by atoms with Gasteiger partial charge >= 0.3 is 5.97 Å². The monoisotopic (exact) mass is 316 g/mol. The van der Waals surface area contributed by atoms with Crippen molar-refractivity contribution < 1.29 is 14.7 Å². The van der Waals surface area contributed by atoms with Crippen molar-refractivity contribution in [3.8, 4) is 0 Å². The van der Waals surface area contributed by atoms with Crippen LogP contribution in [-0.4, -0.2) is 27.6 Å². The number of nitrogens with zero attached hydrogens (tertiary/aromatic N) is 1.